The van der Waals surface area contributed by atoms with Crippen LogP contribution in [0.2, 0.25) is 26.2 Å². The van der Waals surface area contributed by atoms with E-state index >= 15 is 0 Å². The third kappa shape index (κ3) is 2.19. The van der Waals surface area contributed by atoms with Crippen LogP contribution >= 0.6 is 0 Å². The third-order valence-corrected chi connectivity index (χ3v) is 5.73. The molecule has 0 unspecified atom stereocenters. The molecular weight excluding hydrogens is 160 g/mol. The van der Waals surface area contributed by atoms with Crippen LogP contribution in [0.5, 0.6) is 0 Å². The molecule has 1 heterocycles. The fourth-order valence-electron chi connectivity index (χ4n) is 0.822. The molecule has 1 fully saturated rings. The topological polar surface area (TPSA) is 18.5 Å². The molecule has 1 rings (SSSR count). The normalized spacial score (nSPS) is 30.0. The maximum atomic E-state index is 5.66. The zero-order valence-electron chi connectivity index (χ0n) is 7.23. The standard InChI is InChI=1S/C6H16O2Si2/c1-9(2)5-7-10(3,4)8-6-9/h5-6H2,1-4H3. The van der Waals surface area contributed by atoms with Crippen LogP contribution in [0.4, 0.5) is 0 Å². The van der Waals surface area contributed by atoms with Gasteiger partial charge in [0.1, 0.15) is 8.07 Å². The van der Waals surface area contributed by atoms with E-state index in [0.29, 0.717) is 0 Å². The Morgan fingerprint density at radius 3 is 1.60 bits per heavy atom. The van der Waals surface area contributed by atoms with Crippen molar-refractivity contribution in [2.45, 2.75) is 26.2 Å². The molecule has 0 bridgehead atoms. The van der Waals surface area contributed by atoms with Gasteiger partial charge in [-0.1, -0.05) is 13.1 Å². The second kappa shape index (κ2) is 2.44. The molecule has 0 radical (unpaired) electrons. The number of hydrogen-bond acceptors (Lipinski definition) is 2. The van der Waals surface area contributed by atoms with E-state index < -0.39 is 16.6 Å². The fraction of sp³-hybridized carbons (Fsp3) is 1.00. The minimum absolute atomic E-state index is 0.992. The third-order valence-electron chi connectivity index (χ3n) is 1.62. The van der Waals surface area contributed by atoms with Crippen molar-refractivity contribution in [3.63, 3.8) is 0 Å². The van der Waals surface area contributed by atoms with E-state index in [2.05, 4.69) is 26.2 Å². The molecule has 0 aromatic heterocycles. The Bertz CT molecular complexity index is 106. The first-order chi connectivity index (χ1) is 4.41. The van der Waals surface area contributed by atoms with Crippen LogP contribution in [0.3, 0.4) is 0 Å². The van der Waals surface area contributed by atoms with Gasteiger partial charge in [-0.2, -0.15) is 0 Å². The van der Waals surface area contributed by atoms with Crippen molar-refractivity contribution in [3.05, 3.63) is 0 Å². The molecule has 4 heteroatoms. The van der Waals surface area contributed by atoms with Gasteiger partial charge in [0.15, 0.2) is 0 Å². The van der Waals surface area contributed by atoms with Crippen molar-refractivity contribution < 1.29 is 8.85 Å². The summed E-state index contributed by atoms with van der Waals surface area (Å²) in [7, 11) is -2.73. The Hall–Kier alpha value is 0.354. The lowest BCUT2D eigenvalue weighted by Gasteiger charge is -2.36. The summed E-state index contributed by atoms with van der Waals surface area (Å²) in [6, 6.07) is 0. The molecule has 0 aliphatic carbocycles. The maximum absolute atomic E-state index is 5.66. The molecule has 0 amide bonds. The van der Waals surface area contributed by atoms with E-state index in [1.165, 1.54) is 0 Å². The second-order valence-corrected chi connectivity index (χ2v) is 12.4. The highest BCUT2D eigenvalue weighted by molar-refractivity contribution is 6.80. The SMILES string of the molecule is C[Si]1(C)CO[Si](C)(C)OC1. The summed E-state index contributed by atoms with van der Waals surface area (Å²) in [5.41, 5.74) is 0. The molecule has 2 nitrogen and oxygen atoms in total. The summed E-state index contributed by atoms with van der Waals surface area (Å²) in [5, 5.41) is 0. The summed E-state index contributed by atoms with van der Waals surface area (Å²) in [5.74, 6) is 0. The summed E-state index contributed by atoms with van der Waals surface area (Å²) >= 11 is 0. The summed E-state index contributed by atoms with van der Waals surface area (Å²) in [6.07, 6.45) is 1.98. The van der Waals surface area contributed by atoms with E-state index in [4.69, 9.17) is 8.85 Å². The van der Waals surface area contributed by atoms with Crippen molar-refractivity contribution in [1.29, 1.82) is 0 Å². The lowest BCUT2D eigenvalue weighted by Crippen LogP contribution is -2.54. The lowest BCUT2D eigenvalue weighted by molar-refractivity contribution is 0.197. The average molecular weight is 176 g/mol. The number of hydrogen-bond donors (Lipinski definition) is 0. The molecule has 10 heavy (non-hydrogen) atoms. The van der Waals surface area contributed by atoms with Crippen LogP contribution in [-0.2, 0) is 8.85 Å². The molecule has 0 spiro atoms. The smallest absolute Gasteiger partial charge is 0.331 e. The zero-order chi connectivity index (χ0) is 7.83. The molecule has 1 saturated heterocycles. The Labute approximate surface area is 64.8 Å². The van der Waals surface area contributed by atoms with Crippen molar-refractivity contribution in [3.8, 4) is 0 Å². The highest BCUT2D eigenvalue weighted by Gasteiger charge is 2.36. The average Bonchev–Trinajstić information content (AvgIpc) is 1.79. The van der Waals surface area contributed by atoms with Crippen molar-refractivity contribution >= 4 is 16.6 Å². The Kier molecular flexibility index (Phi) is 2.06. The minimum atomic E-state index is -1.64. The van der Waals surface area contributed by atoms with Gasteiger partial charge in [-0.15, -0.1) is 0 Å². The van der Waals surface area contributed by atoms with Gasteiger partial charge in [-0.3, -0.25) is 0 Å². The van der Waals surface area contributed by atoms with Gasteiger partial charge in [-0.25, -0.2) is 0 Å². The highest BCUT2D eigenvalue weighted by atomic mass is 28.4. The Morgan fingerprint density at radius 1 is 0.900 bits per heavy atom. The molecule has 1 aliphatic heterocycles. The summed E-state index contributed by atoms with van der Waals surface area (Å²) in [6.45, 7) is 8.82. The Morgan fingerprint density at radius 2 is 1.30 bits per heavy atom. The van der Waals surface area contributed by atoms with Crippen molar-refractivity contribution in [2.24, 2.45) is 0 Å². The minimum Gasteiger partial charge on any atom is -0.398 e. The van der Waals surface area contributed by atoms with Crippen molar-refractivity contribution in [1.82, 2.24) is 0 Å². The predicted octanol–water partition coefficient (Wildman–Crippen LogP) is 1.52. The van der Waals surface area contributed by atoms with Crippen LogP contribution in [0.25, 0.3) is 0 Å². The number of rotatable bonds is 0. The molecule has 0 atom stereocenters. The van der Waals surface area contributed by atoms with E-state index in [0.717, 1.165) is 12.5 Å². The Balaban J connectivity index is 2.46. The zero-order valence-corrected chi connectivity index (χ0v) is 9.23. The van der Waals surface area contributed by atoms with Crippen LogP contribution in [0, 0.1) is 0 Å². The highest BCUT2D eigenvalue weighted by Crippen LogP contribution is 2.18. The lowest BCUT2D eigenvalue weighted by atomic mass is 11.6. The first-order valence-corrected chi connectivity index (χ1v) is 9.92. The van der Waals surface area contributed by atoms with E-state index in [9.17, 15) is 0 Å². The molecule has 0 saturated carbocycles. The van der Waals surface area contributed by atoms with Crippen LogP contribution in [0.15, 0.2) is 0 Å². The van der Waals surface area contributed by atoms with Gasteiger partial charge in [0.2, 0.25) is 0 Å². The second-order valence-electron chi connectivity index (χ2n) is 4.14. The van der Waals surface area contributed by atoms with Gasteiger partial charge in [0.05, 0.1) is 0 Å². The largest absolute Gasteiger partial charge is 0.398 e. The fourth-order valence-corrected chi connectivity index (χ4v) is 6.90. The van der Waals surface area contributed by atoms with Gasteiger partial charge >= 0.3 is 8.56 Å². The van der Waals surface area contributed by atoms with E-state index in [-0.39, 0.29) is 0 Å². The van der Waals surface area contributed by atoms with Crippen molar-refractivity contribution in [2.75, 3.05) is 12.5 Å². The summed E-state index contributed by atoms with van der Waals surface area (Å²) in [4.78, 5) is 0. The van der Waals surface area contributed by atoms with E-state index in [1.54, 1.807) is 0 Å². The maximum Gasteiger partial charge on any atom is 0.331 e. The quantitative estimate of drug-likeness (QED) is 0.521. The first-order valence-electron chi connectivity index (χ1n) is 3.69. The van der Waals surface area contributed by atoms with Gasteiger partial charge in [0.25, 0.3) is 0 Å². The van der Waals surface area contributed by atoms with Crippen LogP contribution in [-0.4, -0.2) is 29.1 Å². The van der Waals surface area contributed by atoms with Gasteiger partial charge in [-0.05, 0) is 13.1 Å². The molecule has 0 aromatic rings. The summed E-state index contributed by atoms with van der Waals surface area (Å²) < 4.78 is 11.3. The molecule has 0 N–H and O–H groups in total. The van der Waals surface area contributed by atoms with E-state index in [1.807, 2.05) is 0 Å². The van der Waals surface area contributed by atoms with Crippen LogP contribution < -0.4 is 0 Å². The van der Waals surface area contributed by atoms with Gasteiger partial charge in [0, 0.05) is 12.5 Å². The van der Waals surface area contributed by atoms with Gasteiger partial charge < -0.3 is 8.85 Å². The molecule has 1 aliphatic rings. The molecular formula is C6H16O2Si2. The monoisotopic (exact) mass is 176 g/mol. The molecule has 60 valence electrons. The molecule has 0 aromatic carbocycles. The van der Waals surface area contributed by atoms with Crippen LogP contribution in [0.1, 0.15) is 0 Å². The predicted molar refractivity (Wildman–Crippen MR) is 46.9 cm³/mol. The first kappa shape index (κ1) is 8.45.